The van der Waals surface area contributed by atoms with Crippen LogP contribution in [0.25, 0.3) is 0 Å². The number of carbonyl (C=O) groups excluding carboxylic acids is 1. The van der Waals surface area contributed by atoms with Crippen LogP contribution in [0.5, 0.6) is 0 Å². The quantitative estimate of drug-likeness (QED) is 0.759. The number of rotatable bonds is 5. The Morgan fingerprint density at radius 1 is 1.32 bits per heavy atom. The van der Waals surface area contributed by atoms with Gasteiger partial charge in [0.2, 0.25) is 0 Å². The molecule has 1 aliphatic heterocycles. The van der Waals surface area contributed by atoms with Crippen molar-refractivity contribution < 1.29 is 4.79 Å². The minimum Gasteiger partial charge on any atom is -0.345 e. The number of hydrogen-bond acceptors (Lipinski definition) is 3. The van der Waals surface area contributed by atoms with Crippen molar-refractivity contribution >= 4 is 5.91 Å². The summed E-state index contributed by atoms with van der Waals surface area (Å²) in [4.78, 5) is 12.4. The Morgan fingerprint density at radius 3 is 2.63 bits per heavy atom. The van der Waals surface area contributed by atoms with E-state index in [1.54, 1.807) is 0 Å². The number of nitrogens with one attached hydrogen (secondary N) is 3. The zero-order chi connectivity index (χ0) is 13.9. The molecule has 0 saturated heterocycles. The number of H-pyrrole nitrogens is 1. The van der Waals surface area contributed by atoms with Gasteiger partial charge in [-0.05, 0) is 19.3 Å². The Bertz CT molecular complexity index is 440. The number of aromatic amines is 1. The fourth-order valence-electron chi connectivity index (χ4n) is 2.73. The van der Waals surface area contributed by atoms with E-state index >= 15 is 0 Å². The van der Waals surface area contributed by atoms with Gasteiger partial charge in [-0.1, -0.05) is 20.8 Å². The average Bonchev–Trinajstić information content (AvgIpc) is 2.89. The molecule has 1 aromatic heterocycles. The summed E-state index contributed by atoms with van der Waals surface area (Å²) >= 11 is 0. The van der Waals surface area contributed by atoms with Gasteiger partial charge in [-0.25, -0.2) is 0 Å². The maximum atomic E-state index is 12.4. The van der Waals surface area contributed by atoms with Crippen molar-refractivity contribution in [2.75, 3.05) is 6.54 Å². The highest BCUT2D eigenvalue weighted by Crippen LogP contribution is 2.21. The lowest BCUT2D eigenvalue weighted by Crippen LogP contribution is -2.47. The summed E-state index contributed by atoms with van der Waals surface area (Å²) < 4.78 is 0. The van der Waals surface area contributed by atoms with E-state index in [2.05, 4.69) is 41.6 Å². The third-order valence-corrected chi connectivity index (χ3v) is 4.43. The van der Waals surface area contributed by atoms with E-state index in [9.17, 15) is 4.79 Å². The van der Waals surface area contributed by atoms with Crippen molar-refractivity contribution in [2.24, 2.45) is 0 Å². The second kappa shape index (κ2) is 5.74. The molecule has 0 fully saturated rings. The molecule has 3 N–H and O–H groups in total. The first-order valence-corrected chi connectivity index (χ1v) is 7.25. The lowest BCUT2D eigenvalue weighted by molar-refractivity contribution is 0.0881. The van der Waals surface area contributed by atoms with Crippen LogP contribution in [0.1, 0.15) is 61.8 Å². The van der Waals surface area contributed by atoms with Crippen molar-refractivity contribution in [2.45, 2.75) is 58.5 Å². The molecule has 2 rings (SSSR count). The first kappa shape index (κ1) is 14.1. The molecule has 0 atom stereocenters. The molecular weight excluding hydrogens is 240 g/mol. The molecule has 0 spiro atoms. The smallest absolute Gasteiger partial charge is 0.272 e. The minimum absolute atomic E-state index is 0.0493. The van der Waals surface area contributed by atoms with Gasteiger partial charge in [0.05, 0.1) is 0 Å². The Labute approximate surface area is 114 Å². The Morgan fingerprint density at radius 2 is 2.00 bits per heavy atom. The largest absolute Gasteiger partial charge is 0.345 e. The fourth-order valence-corrected chi connectivity index (χ4v) is 2.73. The molecule has 0 unspecified atom stereocenters. The van der Waals surface area contributed by atoms with Crippen LogP contribution in [-0.4, -0.2) is 28.2 Å². The zero-order valence-corrected chi connectivity index (χ0v) is 12.1. The van der Waals surface area contributed by atoms with E-state index in [-0.39, 0.29) is 11.4 Å². The molecule has 5 nitrogen and oxygen atoms in total. The predicted molar refractivity (Wildman–Crippen MR) is 75.1 cm³/mol. The van der Waals surface area contributed by atoms with Gasteiger partial charge in [-0.3, -0.25) is 9.89 Å². The molecule has 0 bridgehead atoms. The first-order chi connectivity index (χ1) is 9.15. The summed E-state index contributed by atoms with van der Waals surface area (Å²) in [5, 5.41) is 13.7. The molecule has 1 aromatic rings. The third-order valence-electron chi connectivity index (χ3n) is 4.43. The highest BCUT2D eigenvalue weighted by Gasteiger charge is 2.29. The maximum absolute atomic E-state index is 12.4. The Hall–Kier alpha value is -1.36. The molecular formula is C14H24N4O. The summed E-state index contributed by atoms with van der Waals surface area (Å²) in [6, 6.07) is 0. The standard InChI is InChI=1S/C14H24N4O/c1-4-14(5-2,6-3)16-13(19)12-10-9-15-8-7-11(10)17-18-12/h15H,4-9H2,1-3H3,(H,16,19)(H,17,18). The van der Waals surface area contributed by atoms with Gasteiger partial charge in [0.15, 0.2) is 5.69 Å². The van der Waals surface area contributed by atoms with E-state index in [0.29, 0.717) is 5.69 Å². The van der Waals surface area contributed by atoms with Gasteiger partial charge in [0.25, 0.3) is 5.91 Å². The monoisotopic (exact) mass is 264 g/mol. The second-order valence-electron chi connectivity index (χ2n) is 5.25. The van der Waals surface area contributed by atoms with E-state index in [4.69, 9.17) is 0 Å². The number of fused-ring (bicyclic) bond motifs is 1. The van der Waals surface area contributed by atoms with E-state index in [0.717, 1.165) is 50.0 Å². The summed E-state index contributed by atoms with van der Waals surface area (Å²) in [5.74, 6) is -0.0493. The van der Waals surface area contributed by atoms with Crippen molar-refractivity contribution in [1.29, 1.82) is 0 Å². The topological polar surface area (TPSA) is 69.8 Å². The van der Waals surface area contributed by atoms with Gasteiger partial charge in [0, 0.05) is 36.3 Å². The summed E-state index contributed by atoms with van der Waals surface area (Å²) in [6.07, 6.45) is 3.74. The first-order valence-electron chi connectivity index (χ1n) is 7.25. The number of amides is 1. The van der Waals surface area contributed by atoms with Crippen LogP contribution in [0.4, 0.5) is 0 Å². The number of carbonyl (C=O) groups is 1. The Kier molecular flexibility index (Phi) is 4.24. The molecule has 0 aliphatic carbocycles. The van der Waals surface area contributed by atoms with Crippen molar-refractivity contribution in [3.05, 3.63) is 17.0 Å². The maximum Gasteiger partial charge on any atom is 0.272 e. The number of hydrogen-bond donors (Lipinski definition) is 3. The van der Waals surface area contributed by atoms with Crippen LogP contribution in [0.15, 0.2) is 0 Å². The van der Waals surface area contributed by atoms with E-state index in [1.165, 1.54) is 0 Å². The SMILES string of the molecule is CCC(CC)(CC)NC(=O)c1n[nH]c2c1CNCC2. The van der Waals surface area contributed by atoms with Crippen LogP contribution in [0.2, 0.25) is 0 Å². The molecule has 2 heterocycles. The number of aromatic nitrogens is 2. The predicted octanol–water partition coefficient (Wildman–Crippen LogP) is 1.75. The van der Waals surface area contributed by atoms with Gasteiger partial charge < -0.3 is 10.6 Å². The minimum atomic E-state index is -0.106. The molecule has 0 radical (unpaired) electrons. The summed E-state index contributed by atoms with van der Waals surface area (Å²) in [6.45, 7) is 8.03. The second-order valence-corrected chi connectivity index (χ2v) is 5.25. The van der Waals surface area contributed by atoms with Crippen molar-refractivity contribution in [3.8, 4) is 0 Å². The highest BCUT2D eigenvalue weighted by molar-refractivity contribution is 5.94. The summed E-state index contributed by atoms with van der Waals surface area (Å²) in [7, 11) is 0. The molecule has 1 aliphatic rings. The third kappa shape index (κ3) is 2.66. The van der Waals surface area contributed by atoms with E-state index in [1.807, 2.05) is 0 Å². The Balaban J connectivity index is 2.18. The van der Waals surface area contributed by atoms with Crippen LogP contribution in [0.3, 0.4) is 0 Å². The normalized spacial score (nSPS) is 15.1. The van der Waals surface area contributed by atoms with Gasteiger partial charge in [0.1, 0.15) is 0 Å². The molecule has 19 heavy (non-hydrogen) atoms. The highest BCUT2D eigenvalue weighted by atomic mass is 16.2. The average molecular weight is 264 g/mol. The van der Waals surface area contributed by atoms with Crippen LogP contribution in [-0.2, 0) is 13.0 Å². The lowest BCUT2D eigenvalue weighted by atomic mass is 9.89. The molecule has 1 amide bonds. The zero-order valence-electron chi connectivity index (χ0n) is 12.1. The van der Waals surface area contributed by atoms with E-state index < -0.39 is 0 Å². The van der Waals surface area contributed by atoms with Crippen LogP contribution in [0, 0.1) is 0 Å². The molecule has 106 valence electrons. The van der Waals surface area contributed by atoms with Crippen LogP contribution >= 0.6 is 0 Å². The van der Waals surface area contributed by atoms with Crippen LogP contribution < -0.4 is 10.6 Å². The molecule has 0 aromatic carbocycles. The molecule has 0 saturated carbocycles. The van der Waals surface area contributed by atoms with Crippen molar-refractivity contribution in [1.82, 2.24) is 20.8 Å². The molecule has 5 heteroatoms. The van der Waals surface area contributed by atoms with Gasteiger partial charge in [-0.2, -0.15) is 5.10 Å². The lowest BCUT2D eigenvalue weighted by Gasteiger charge is -2.31. The van der Waals surface area contributed by atoms with Gasteiger partial charge >= 0.3 is 0 Å². The van der Waals surface area contributed by atoms with Crippen molar-refractivity contribution in [3.63, 3.8) is 0 Å². The summed E-state index contributed by atoms with van der Waals surface area (Å²) in [5.41, 5.74) is 2.58. The fraction of sp³-hybridized carbons (Fsp3) is 0.714. The number of nitrogens with zero attached hydrogens (tertiary/aromatic N) is 1. The van der Waals surface area contributed by atoms with Gasteiger partial charge in [-0.15, -0.1) is 0 Å².